The first kappa shape index (κ1) is 20.1. The van der Waals surface area contributed by atoms with Gasteiger partial charge in [-0.3, -0.25) is 14.4 Å². The number of oxazole rings is 1. The predicted octanol–water partition coefficient (Wildman–Crippen LogP) is 2.53. The Kier molecular flexibility index (Phi) is 5.36. The van der Waals surface area contributed by atoms with Crippen molar-refractivity contribution in [2.75, 3.05) is 0 Å². The van der Waals surface area contributed by atoms with Crippen molar-refractivity contribution in [3.05, 3.63) is 78.0 Å². The highest BCUT2D eigenvalue weighted by Crippen LogP contribution is 2.24. The van der Waals surface area contributed by atoms with Crippen LogP contribution in [0.15, 0.2) is 65.2 Å². The van der Waals surface area contributed by atoms with Crippen molar-refractivity contribution in [1.29, 1.82) is 0 Å². The quantitative estimate of drug-likeness (QED) is 0.399. The molecule has 0 saturated carbocycles. The van der Waals surface area contributed by atoms with Crippen molar-refractivity contribution >= 4 is 28.5 Å². The third-order valence-corrected chi connectivity index (χ3v) is 4.95. The maximum absolute atomic E-state index is 13.0. The van der Waals surface area contributed by atoms with Crippen LogP contribution in [0.2, 0.25) is 0 Å². The number of para-hydroxylation sites is 1. The number of fused-ring (bicyclic) bond motifs is 1. The van der Waals surface area contributed by atoms with Crippen LogP contribution in [0.5, 0.6) is 0 Å². The molecule has 0 aliphatic heterocycles. The van der Waals surface area contributed by atoms with E-state index in [1.54, 1.807) is 25.3 Å². The summed E-state index contributed by atoms with van der Waals surface area (Å²) in [6, 6.07) is 15.5. The Morgan fingerprint density at radius 3 is 2.55 bits per heavy atom. The van der Waals surface area contributed by atoms with Gasteiger partial charge >= 0.3 is 0 Å². The van der Waals surface area contributed by atoms with Gasteiger partial charge in [0.25, 0.3) is 11.8 Å². The van der Waals surface area contributed by atoms with Gasteiger partial charge in [-0.15, -0.1) is 0 Å². The highest BCUT2D eigenvalue weighted by molar-refractivity contribution is 6.38. The Bertz CT molecular complexity index is 1270. The van der Waals surface area contributed by atoms with E-state index >= 15 is 0 Å². The monoisotopic (exact) mass is 416 g/mol. The average molecular weight is 416 g/mol. The standard InChI is InChI=1S/C23H20N4O4/c1-13-26-19(14-7-3-2-4-8-14)21(31-13)23(30)27-18(20(28)22(24)29)11-15-12-25-17-10-6-5-9-16(15)17/h2-10,12,18,25H,11H2,1H3,(H2,24,29)(H,27,30). The van der Waals surface area contributed by atoms with Crippen molar-refractivity contribution in [2.24, 2.45) is 5.73 Å². The molecule has 1 unspecified atom stereocenters. The zero-order chi connectivity index (χ0) is 22.0. The maximum Gasteiger partial charge on any atom is 0.290 e. The van der Waals surface area contributed by atoms with Gasteiger partial charge in [-0.25, -0.2) is 4.98 Å². The van der Waals surface area contributed by atoms with Crippen LogP contribution in [0.1, 0.15) is 22.0 Å². The molecule has 2 aromatic heterocycles. The summed E-state index contributed by atoms with van der Waals surface area (Å²) in [6.45, 7) is 1.63. The van der Waals surface area contributed by atoms with Gasteiger partial charge in [0.15, 0.2) is 5.89 Å². The van der Waals surface area contributed by atoms with E-state index < -0.39 is 23.6 Å². The Balaban J connectivity index is 1.64. The van der Waals surface area contributed by atoms with Gasteiger partial charge in [0.2, 0.25) is 11.5 Å². The summed E-state index contributed by atoms with van der Waals surface area (Å²) in [4.78, 5) is 44.5. The predicted molar refractivity (Wildman–Crippen MR) is 114 cm³/mol. The van der Waals surface area contributed by atoms with Crippen LogP contribution < -0.4 is 11.1 Å². The number of amides is 2. The maximum atomic E-state index is 13.0. The van der Waals surface area contributed by atoms with E-state index in [-0.39, 0.29) is 12.2 Å². The van der Waals surface area contributed by atoms with Gasteiger partial charge in [0.05, 0.1) is 0 Å². The molecule has 0 bridgehead atoms. The second kappa shape index (κ2) is 8.27. The first-order valence-corrected chi connectivity index (χ1v) is 9.66. The molecule has 1 atom stereocenters. The van der Waals surface area contributed by atoms with E-state index in [1.165, 1.54) is 0 Å². The van der Waals surface area contributed by atoms with Crippen LogP contribution in [0.3, 0.4) is 0 Å². The lowest BCUT2D eigenvalue weighted by molar-refractivity contribution is -0.137. The fourth-order valence-electron chi connectivity index (χ4n) is 3.50. The van der Waals surface area contributed by atoms with Crippen LogP contribution in [0.4, 0.5) is 0 Å². The molecule has 8 nitrogen and oxygen atoms in total. The third kappa shape index (κ3) is 4.09. The minimum Gasteiger partial charge on any atom is -0.435 e. The minimum absolute atomic E-state index is 0.0371. The van der Waals surface area contributed by atoms with Crippen LogP contribution in [0.25, 0.3) is 22.2 Å². The summed E-state index contributed by atoms with van der Waals surface area (Å²) in [5.41, 5.74) is 7.93. The molecule has 0 aliphatic carbocycles. The molecule has 2 aromatic carbocycles. The summed E-state index contributed by atoms with van der Waals surface area (Å²) in [6.07, 6.45) is 1.83. The molecule has 4 aromatic rings. The first-order chi connectivity index (χ1) is 14.9. The highest BCUT2D eigenvalue weighted by atomic mass is 16.4. The topological polar surface area (TPSA) is 131 Å². The molecule has 2 amide bonds. The molecule has 4 N–H and O–H groups in total. The summed E-state index contributed by atoms with van der Waals surface area (Å²) >= 11 is 0. The normalized spacial score (nSPS) is 11.9. The third-order valence-electron chi connectivity index (χ3n) is 4.95. The number of hydrogen-bond acceptors (Lipinski definition) is 5. The van der Waals surface area contributed by atoms with Crippen molar-refractivity contribution in [1.82, 2.24) is 15.3 Å². The second-order valence-corrected chi connectivity index (χ2v) is 7.09. The summed E-state index contributed by atoms with van der Waals surface area (Å²) in [5.74, 6) is -2.40. The number of carbonyl (C=O) groups is 3. The number of benzene rings is 2. The molecule has 8 heteroatoms. The Labute approximate surface area is 177 Å². The number of Topliss-reactive ketones (excluding diaryl/α,β-unsaturated/α-hetero) is 1. The number of nitrogens with one attached hydrogen (secondary N) is 2. The smallest absolute Gasteiger partial charge is 0.290 e. The number of nitrogens with two attached hydrogens (primary N) is 1. The van der Waals surface area contributed by atoms with E-state index in [0.29, 0.717) is 17.1 Å². The van der Waals surface area contributed by atoms with Crippen LogP contribution in [-0.4, -0.2) is 33.6 Å². The van der Waals surface area contributed by atoms with Crippen LogP contribution >= 0.6 is 0 Å². The second-order valence-electron chi connectivity index (χ2n) is 7.09. The van der Waals surface area contributed by atoms with Crippen LogP contribution in [-0.2, 0) is 16.0 Å². The van der Waals surface area contributed by atoms with Crippen LogP contribution in [0, 0.1) is 6.92 Å². The number of ketones is 1. The van der Waals surface area contributed by atoms with Gasteiger partial charge in [-0.1, -0.05) is 48.5 Å². The molecule has 0 saturated heterocycles. The van der Waals surface area contributed by atoms with Gasteiger partial charge < -0.3 is 20.5 Å². The van der Waals surface area contributed by atoms with Crippen molar-refractivity contribution < 1.29 is 18.8 Å². The Morgan fingerprint density at radius 1 is 1.10 bits per heavy atom. The lowest BCUT2D eigenvalue weighted by Gasteiger charge is -2.15. The fourth-order valence-corrected chi connectivity index (χ4v) is 3.50. The van der Waals surface area contributed by atoms with Gasteiger partial charge in [0, 0.05) is 36.0 Å². The zero-order valence-corrected chi connectivity index (χ0v) is 16.7. The molecule has 0 fully saturated rings. The number of aromatic nitrogens is 2. The SMILES string of the molecule is Cc1nc(-c2ccccc2)c(C(=O)NC(Cc2c[nH]c3ccccc23)C(=O)C(N)=O)o1. The van der Waals surface area contributed by atoms with E-state index in [1.807, 2.05) is 42.5 Å². The van der Waals surface area contributed by atoms with Gasteiger partial charge in [-0.05, 0) is 11.6 Å². The van der Waals surface area contributed by atoms with E-state index in [2.05, 4.69) is 15.3 Å². The van der Waals surface area contributed by atoms with Gasteiger partial charge in [-0.2, -0.15) is 0 Å². The summed E-state index contributed by atoms with van der Waals surface area (Å²) < 4.78 is 5.52. The molecular weight excluding hydrogens is 396 g/mol. The highest BCUT2D eigenvalue weighted by Gasteiger charge is 2.29. The molecule has 0 spiro atoms. The number of primary amides is 1. The molecule has 156 valence electrons. The number of hydrogen-bond donors (Lipinski definition) is 3. The Morgan fingerprint density at radius 2 is 1.81 bits per heavy atom. The average Bonchev–Trinajstić information content (AvgIpc) is 3.37. The largest absolute Gasteiger partial charge is 0.435 e. The van der Waals surface area contributed by atoms with E-state index in [9.17, 15) is 14.4 Å². The number of H-pyrrole nitrogens is 1. The number of rotatable bonds is 7. The minimum atomic E-state index is -1.15. The zero-order valence-electron chi connectivity index (χ0n) is 16.7. The lowest BCUT2D eigenvalue weighted by atomic mass is 10.0. The molecule has 2 heterocycles. The first-order valence-electron chi connectivity index (χ1n) is 9.66. The molecule has 0 radical (unpaired) electrons. The number of nitrogens with zero attached hydrogens (tertiary/aromatic N) is 1. The van der Waals surface area contributed by atoms with E-state index in [4.69, 9.17) is 10.2 Å². The summed E-state index contributed by atoms with van der Waals surface area (Å²) in [7, 11) is 0. The summed E-state index contributed by atoms with van der Waals surface area (Å²) in [5, 5.41) is 3.49. The molecule has 31 heavy (non-hydrogen) atoms. The molecular formula is C23H20N4O4. The van der Waals surface area contributed by atoms with Crippen molar-refractivity contribution in [3.8, 4) is 11.3 Å². The molecule has 0 aliphatic rings. The van der Waals surface area contributed by atoms with E-state index in [0.717, 1.165) is 16.5 Å². The molecule has 4 rings (SSSR count). The number of aromatic amines is 1. The van der Waals surface area contributed by atoms with Crippen molar-refractivity contribution in [3.63, 3.8) is 0 Å². The number of aryl methyl sites for hydroxylation is 1. The van der Waals surface area contributed by atoms with Gasteiger partial charge in [0.1, 0.15) is 11.7 Å². The van der Waals surface area contributed by atoms with Crippen molar-refractivity contribution in [2.45, 2.75) is 19.4 Å². The Hall–Kier alpha value is -4.20. The fraction of sp³-hybridized carbons (Fsp3) is 0.130. The number of carbonyl (C=O) groups excluding carboxylic acids is 3. The lowest BCUT2D eigenvalue weighted by Crippen LogP contribution is -2.47.